The fraction of sp³-hybridized carbons (Fsp3) is 0.462. The van der Waals surface area contributed by atoms with Gasteiger partial charge < -0.3 is 14.5 Å². The van der Waals surface area contributed by atoms with Crippen LogP contribution in [0.5, 0.6) is 6.01 Å². The topological polar surface area (TPSA) is 73.1 Å². The molecule has 2 aromatic heterocycles. The maximum absolute atomic E-state index is 5.47. The van der Waals surface area contributed by atoms with E-state index < -0.39 is 0 Å². The van der Waals surface area contributed by atoms with Gasteiger partial charge >= 0.3 is 6.01 Å². The lowest BCUT2D eigenvalue weighted by molar-refractivity contribution is 0.292. The van der Waals surface area contributed by atoms with Crippen molar-refractivity contribution in [1.29, 1.82) is 0 Å². The Kier molecular flexibility index (Phi) is 4.72. The average molecular weight is 262 g/mol. The van der Waals surface area contributed by atoms with Crippen LogP contribution in [-0.4, -0.2) is 28.1 Å². The highest BCUT2D eigenvalue weighted by atomic mass is 16.5. The molecule has 102 valence electrons. The zero-order chi connectivity index (χ0) is 13.5. The number of nitrogens with zero attached hydrogens (tertiary/aromatic N) is 3. The lowest BCUT2D eigenvalue weighted by Crippen LogP contribution is -2.09. The molecule has 0 aliphatic heterocycles. The monoisotopic (exact) mass is 262 g/mol. The summed E-state index contributed by atoms with van der Waals surface area (Å²) < 4.78 is 10.8. The van der Waals surface area contributed by atoms with E-state index in [9.17, 15) is 0 Å². The highest BCUT2D eigenvalue weighted by Gasteiger charge is 2.11. The van der Waals surface area contributed by atoms with Gasteiger partial charge in [0.05, 0.1) is 12.9 Å². The molecule has 2 aromatic rings. The van der Waals surface area contributed by atoms with Crippen LogP contribution < -0.4 is 10.1 Å². The highest BCUT2D eigenvalue weighted by Crippen LogP contribution is 2.19. The second-order valence-electron chi connectivity index (χ2n) is 4.02. The number of nitrogens with one attached hydrogen (secondary N) is 1. The van der Waals surface area contributed by atoms with Crippen molar-refractivity contribution in [3.05, 3.63) is 18.4 Å². The molecule has 0 saturated carbocycles. The Bertz CT molecular complexity index is 473. The van der Waals surface area contributed by atoms with Crippen molar-refractivity contribution < 1.29 is 9.15 Å². The fourth-order valence-electron chi connectivity index (χ4n) is 1.45. The lowest BCUT2D eigenvalue weighted by atomic mass is 10.4. The number of furan rings is 1. The molecule has 2 rings (SSSR count). The first-order valence-electron chi connectivity index (χ1n) is 6.50. The predicted octanol–water partition coefficient (Wildman–Crippen LogP) is 2.74. The van der Waals surface area contributed by atoms with Gasteiger partial charge in [-0.05, 0) is 25.0 Å². The number of hydrogen-bond acceptors (Lipinski definition) is 6. The zero-order valence-corrected chi connectivity index (χ0v) is 11.2. The van der Waals surface area contributed by atoms with Crippen LogP contribution in [0, 0.1) is 0 Å². The molecule has 0 aliphatic carbocycles. The van der Waals surface area contributed by atoms with Gasteiger partial charge in [-0.3, -0.25) is 0 Å². The van der Waals surface area contributed by atoms with Crippen molar-refractivity contribution in [3.8, 4) is 17.6 Å². The van der Waals surface area contributed by atoms with E-state index >= 15 is 0 Å². The van der Waals surface area contributed by atoms with Gasteiger partial charge in [-0.25, -0.2) is 0 Å². The molecule has 6 nitrogen and oxygen atoms in total. The molecule has 0 aliphatic rings. The van der Waals surface area contributed by atoms with Crippen molar-refractivity contribution in [2.24, 2.45) is 0 Å². The van der Waals surface area contributed by atoms with Gasteiger partial charge in [-0.1, -0.05) is 13.8 Å². The highest BCUT2D eigenvalue weighted by molar-refractivity contribution is 5.49. The van der Waals surface area contributed by atoms with Gasteiger partial charge in [0, 0.05) is 6.54 Å². The van der Waals surface area contributed by atoms with Crippen molar-refractivity contribution in [3.63, 3.8) is 0 Å². The summed E-state index contributed by atoms with van der Waals surface area (Å²) in [5.74, 6) is 1.59. The average Bonchev–Trinajstić information content (AvgIpc) is 2.97. The van der Waals surface area contributed by atoms with Gasteiger partial charge in [0.25, 0.3) is 0 Å². The third kappa shape index (κ3) is 3.67. The minimum atomic E-state index is 0.321. The van der Waals surface area contributed by atoms with Crippen LogP contribution in [0.4, 0.5) is 5.95 Å². The van der Waals surface area contributed by atoms with E-state index in [1.807, 2.05) is 13.0 Å². The zero-order valence-electron chi connectivity index (χ0n) is 11.2. The molecule has 0 unspecified atom stereocenters. The van der Waals surface area contributed by atoms with Crippen LogP contribution in [0.2, 0.25) is 0 Å². The summed E-state index contributed by atoms with van der Waals surface area (Å²) in [7, 11) is 0. The summed E-state index contributed by atoms with van der Waals surface area (Å²) in [6.07, 6.45) is 3.48. The summed E-state index contributed by atoms with van der Waals surface area (Å²) >= 11 is 0. The van der Waals surface area contributed by atoms with Crippen LogP contribution in [0.3, 0.4) is 0 Å². The molecular formula is C13H18N4O2. The Morgan fingerprint density at radius 1 is 1.21 bits per heavy atom. The first kappa shape index (κ1) is 13.3. The third-order valence-electron chi connectivity index (χ3n) is 2.32. The molecule has 0 saturated heterocycles. The summed E-state index contributed by atoms with van der Waals surface area (Å²) in [6.45, 7) is 5.49. The number of anilines is 1. The SMILES string of the molecule is CCCNc1nc(OCCC)nc(-c2ccco2)n1. The Morgan fingerprint density at radius 3 is 2.79 bits per heavy atom. The molecule has 2 heterocycles. The smallest absolute Gasteiger partial charge is 0.321 e. The second-order valence-corrected chi connectivity index (χ2v) is 4.02. The summed E-state index contributed by atoms with van der Waals surface area (Å²) in [6, 6.07) is 3.93. The minimum Gasteiger partial charge on any atom is -0.463 e. The van der Waals surface area contributed by atoms with Gasteiger partial charge in [0.1, 0.15) is 0 Å². The van der Waals surface area contributed by atoms with E-state index in [-0.39, 0.29) is 0 Å². The molecule has 0 spiro atoms. The Morgan fingerprint density at radius 2 is 2.11 bits per heavy atom. The molecule has 0 aromatic carbocycles. The summed E-state index contributed by atoms with van der Waals surface area (Å²) in [5.41, 5.74) is 0. The van der Waals surface area contributed by atoms with E-state index in [0.29, 0.717) is 30.2 Å². The Balaban J connectivity index is 2.25. The van der Waals surface area contributed by atoms with Crippen molar-refractivity contribution in [2.75, 3.05) is 18.5 Å². The van der Waals surface area contributed by atoms with Gasteiger partial charge in [0.15, 0.2) is 5.76 Å². The van der Waals surface area contributed by atoms with Crippen LogP contribution >= 0.6 is 0 Å². The van der Waals surface area contributed by atoms with Gasteiger partial charge in [-0.15, -0.1) is 0 Å². The van der Waals surface area contributed by atoms with Crippen molar-refractivity contribution in [2.45, 2.75) is 26.7 Å². The van der Waals surface area contributed by atoms with Crippen LogP contribution in [-0.2, 0) is 0 Å². The van der Waals surface area contributed by atoms with Crippen LogP contribution in [0.1, 0.15) is 26.7 Å². The van der Waals surface area contributed by atoms with Crippen molar-refractivity contribution >= 4 is 5.95 Å². The molecule has 0 fully saturated rings. The molecule has 0 bridgehead atoms. The number of ether oxygens (including phenoxy) is 1. The van der Waals surface area contributed by atoms with Gasteiger partial charge in [-0.2, -0.15) is 15.0 Å². The predicted molar refractivity (Wildman–Crippen MR) is 72.1 cm³/mol. The number of rotatable bonds is 7. The summed E-state index contributed by atoms with van der Waals surface area (Å²) in [4.78, 5) is 12.8. The molecule has 0 amide bonds. The quantitative estimate of drug-likeness (QED) is 0.827. The standard InChI is InChI=1S/C13H18N4O2/c1-3-7-14-12-15-11(10-6-5-9-18-10)16-13(17-12)19-8-4-2/h5-6,9H,3-4,7-8H2,1-2H3,(H,14,15,16,17). The molecule has 1 N–H and O–H groups in total. The molecule has 6 heteroatoms. The maximum atomic E-state index is 5.47. The Hall–Kier alpha value is -2.11. The van der Waals surface area contributed by atoms with E-state index in [1.165, 1.54) is 0 Å². The first-order valence-corrected chi connectivity index (χ1v) is 6.50. The number of hydrogen-bond donors (Lipinski definition) is 1. The molecule has 0 atom stereocenters. The maximum Gasteiger partial charge on any atom is 0.321 e. The molecular weight excluding hydrogens is 244 g/mol. The molecule has 0 radical (unpaired) electrons. The summed E-state index contributed by atoms with van der Waals surface area (Å²) in [5, 5.41) is 3.13. The number of aromatic nitrogens is 3. The largest absolute Gasteiger partial charge is 0.463 e. The fourth-order valence-corrected chi connectivity index (χ4v) is 1.45. The lowest BCUT2D eigenvalue weighted by Gasteiger charge is -2.07. The van der Waals surface area contributed by atoms with E-state index in [4.69, 9.17) is 9.15 Å². The van der Waals surface area contributed by atoms with Crippen LogP contribution in [0.15, 0.2) is 22.8 Å². The van der Waals surface area contributed by atoms with E-state index in [0.717, 1.165) is 19.4 Å². The van der Waals surface area contributed by atoms with Crippen molar-refractivity contribution in [1.82, 2.24) is 15.0 Å². The van der Waals surface area contributed by atoms with E-state index in [1.54, 1.807) is 12.3 Å². The first-order chi connectivity index (χ1) is 9.33. The second kappa shape index (κ2) is 6.72. The van der Waals surface area contributed by atoms with E-state index in [2.05, 4.69) is 27.2 Å². The third-order valence-corrected chi connectivity index (χ3v) is 2.32. The van der Waals surface area contributed by atoms with Crippen LogP contribution in [0.25, 0.3) is 11.6 Å². The van der Waals surface area contributed by atoms with Gasteiger partial charge in [0.2, 0.25) is 11.8 Å². The molecule has 19 heavy (non-hydrogen) atoms. The normalized spacial score (nSPS) is 10.4. The Labute approximate surface area is 112 Å². The minimum absolute atomic E-state index is 0.321.